The molecule has 0 radical (unpaired) electrons. The number of carbonyl (C=O) groups is 2. The molecular formula is C23H19ClN4O3. The number of amides is 2. The number of hydrogen-bond acceptors (Lipinski definition) is 4. The second-order valence-electron chi connectivity index (χ2n) is 6.68. The minimum absolute atomic E-state index is 0.301. The van der Waals surface area contributed by atoms with Crippen LogP contribution >= 0.6 is 11.6 Å². The number of anilines is 2. The Kier molecular flexibility index (Phi) is 5.86. The Morgan fingerprint density at radius 2 is 1.77 bits per heavy atom. The van der Waals surface area contributed by atoms with E-state index in [1.54, 1.807) is 55.7 Å². The molecule has 31 heavy (non-hydrogen) atoms. The van der Waals surface area contributed by atoms with Crippen LogP contribution in [0.1, 0.15) is 17.3 Å². The lowest BCUT2D eigenvalue weighted by atomic mass is 10.1. The average molecular weight is 435 g/mol. The van der Waals surface area contributed by atoms with Gasteiger partial charge in [-0.15, -0.1) is 0 Å². The fourth-order valence-corrected chi connectivity index (χ4v) is 3.38. The van der Waals surface area contributed by atoms with Crippen molar-refractivity contribution < 1.29 is 14.3 Å². The molecule has 2 heterocycles. The quantitative estimate of drug-likeness (QED) is 0.351. The highest BCUT2D eigenvalue weighted by Gasteiger charge is 2.16. The van der Waals surface area contributed by atoms with Crippen LogP contribution in [-0.4, -0.2) is 28.6 Å². The lowest BCUT2D eigenvalue weighted by Crippen LogP contribution is -2.19. The lowest BCUT2D eigenvalue weighted by molar-refractivity contribution is 0.0526. The molecule has 4 aromatic rings. The van der Waals surface area contributed by atoms with Gasteiger partial charge >= 0.3 is 12.0 Å². The molecule has 0 spiro atoms. The van der Waals surface area contributed by atoms with Gasteiger partial charge in [-0.05, 0) is 61.5 Å². The second-order valence-corrected chi connectivity index (χ2v) is 7.11. The van der Waals surface area contributed by atoms with E-state index in [1.165, 1.54) is 0 Å². The maximum Gasteiger partial charge on any atom is 0.338 e. The number of nitrogens with zero attached hydrogens (tertiary/aromatic N) is 1. The Bertz CT molecular complexity index is 1240. The molecule has 2 aromatic carbocycles. The first-order chi connectivity index (χ1) is 15.0. The Labute approximate surface area is 183 Å². The van der Waals surface area contributed by atoms with Gasteiger partial charge in [-0.1, -0.05) is 11.6 Å². The van der Waals surface area contributed by atoms with E-state index >= 15 is 0 Å². The number of carbonyl (C=O) groups excluding carboxylic acids is 2. The predicted octanol–water partition coefficient (Wildman–Crippen LogP) is 5.70. The van der Waals surface area contributed by atoms with Crippen LogP contribution in [0.15, 0.2) is 67.0 Å². The molecule has 0 fully saturated rings. The highest BCUT2D eigenvalue weighted by Crippen LogP contribution is 2.36. The number of pyridine rings is 1. The summed E-state index contributed by atoms with van der Waals surface area (Å²) in [6.45, 7) is 2.05. The summed E-state index contributed by atoms with van der Waals surface area (Å²) in [4.78, 5) is 31.9. The molecule has 0 bridgehead atoms. The summed E-state index contributed by atoms with van der Waals surface area (Å²) in [5.74, 6) is -0.406. The van der Waals surface area contributed by atoms with Gasteiger partial charge in [0, 0.05) is 39.6 Å². The van der Waals surface area contributed by atoms with Crippen LogP contribution in [-0.2, 0) is 4.74 Å². The van der Waals surface area contributed by atoms with Crippen molar-refractivity contribution in [2.24, 2.45) is 0 Å². The van der Waals surface area contributed by atoms with Gasteiger partial charge < -0.3 is 20.4 Å². The van der Waals surface area contributed by atoms with Gasteiger partial charge in [0.15, 0.2) is 0 Å². The molecule has 2 aromatic heterocycles. The van der Waals surface area contributed by atoms with Crippen molar-refractivity contribution in [3.63, 3.8) is 0 Å². The van der Waals surface area contributed by atoms with E-state index in [1.807, 2.05) is 18.2 Å². The van der Waals surface area contributed by atoms with Crippen molar-refractivity contribution in [1.29, 1.82) is 0 Å². The van der Waals surface area contributed by atoms with Gasteiger partial charge in [-0.3, -0.25) is 4.98 Å². The zero-order valence-electron chi connectivity index (χ0n) is 16.6. The van der Waals surface area contributed by atoms with E-state index in [-0.39, 0.29) is 0 Å². The van der Waals surface area contributed by atoms with Crippen LogP contribution in [0, 0.1) is 0 Å². The number of rotatable bonds is 5. The van der Waals surface area contributed by atoms with Gasteiger partial charge in [0.05, 0.1) is 23.6 Å². The fourth-order valence-electron chi connectivity index (χ4n) is 3.21. The van der Waals surface area contributed by atoms with Crippen molar-refractivity contribution in [2.75, 3.05) is 17.2 Å². The van der Waals surface area contributed by atoms with Crippen molar-refractivity contribution >= 4 is 45.9 Å². The number of ether oxygens (including phenoxy) is 1. The van der Waals surface area contributed by atoms with Gasteiger partial charge in [-0.25, -0.2) is 9.59 Å². The number of hydrogen-bond donors (Lipinski definition) is 3. The molecule has 0 atom stereocenters. The third kappa shape index (κ3) is 4.51. The number of aromatic nitrogens is 2. The summed E-state index contributed by atoms with van der Waals surface area (Å²) >= 11 is 6.19. The molecule has 8 heteroatoms. The van der Waals surface area contributed by atoms with E-state index in [4.69, 9.17) is 16.3 Å². The van der Waals surface area contributed by atoms with Gasteiger partial charge in [0.1, 0.15) is 0 Å². The SMILES string of the molecule is CCOC(=O)c1ccc(NC(=O)Nc2c(-c3ccncc3)[nH]c3ccc(Cl)cc23)cc1. The number of aromatic amines is 1. The summed E-state index contributed by atoms with van der Waals surface area (Å²) in [5, 5.41) is 7.03. The second kappa shape index (κ2) is 8.89. The Balaban J connectivity index is 1.60. The standard InChI is InChI=1S/C23H19ClN4O3/c1-2-31-22(29)15-3-6-17(7-4-15)26-23(30)28-21-18-13-16(24)5-8-19(18)27-20(21)14-9-11-25-12-10-14/h3-13,27H,2H2,1H3,(H2,26,28,30). The maximum absolute atomic E-state index is 12.7. The van der Waals surface area contributed by atoms with E-state index in [2.05, 4.69) is 20.6 Å². The van der Waals surface area contributed by atoms with E-state index in [9.17, 15) is 9.59 Å². The molecule has 4 rings (SSSR count). The first kappa shape index (κ1) is 20.4. The molecule has 3 N–H and O–H groups in total. The monoisotopic (exact) mass is 434 g/mol. The van der Waals surface area contributed by atoms with Crippen molar-refractivity contribution in [3.8, 4) is 11.3 Å². The summed E-state index contributed by atoms with van der Waals surface area (Å²) in [6, 6.07) is 15.2. The number of benzene rings is 2. The minimum atomic E-state index is -0.430. The van der Waals surface area contributed by atoms with E-state index in [0.717, 1.165) is 22.2 Å². The molecular weight excluding hydrogens is 416 g/mol. The first-order valence-corrected chi connectivity index (χ1v) is 9.99. The smallest absolute Gasteiger partial charge is 0.338 e. The number of fused-ring (bicyclic) bond motifs is 1. The summed E-state index contributed by atoms with van der Waals surface area (Å²) < 4.78 is 4.97. The molecule has 0 saturated carbocycles. The van der Waals surface area contributed by atoms with Crippen LogP contribution in [0.4, 0.5) is 16.2 Å². The zero-order chi connectivity index (χ0) is 21.8. The van der Waals surface area contributed by atoms with Gasteiger partial charge in [0.2, 0.25) is 0 Å². The molecule has 2 amide bonds. The van der Waals surface area contributed by atoms with Crippen LogP contribution in [0.25, 0.3) is 22.2 Å². The van der Waals surface area contributed by atoms with Crippen LogP contribution in [0.5, 0.6) is 0 Å². The molecule has 156 valence electrons. The van der Waals surface area contributed by atoms with Crippen LogP contribution < -0.4 is 10.6 Å². The Hall–Kier alpha value is -3.84. The molecule has 0 aliphatic rings. The number of esters is 1. The van der Waals surface area contributed by atoms with Crippen molar-refractivity contribution in [3.05, 3.63) is 77.6 Å². The number of H-pyrrole nitrogens is 1. The van der Waals surface area contributed by atoms with Crippen LogP contribution in [0.2, 0.25) is 5.02 Å². The van der Waals surface area contributed by atoms with Gasteiger partial charge in [0.25, 0.3) is 0 Å². The average Bonchev–Trinajstić information content (AvgIpc) is 3.12. The highest BCUT2D eigenvalue weighted by molar-refractivity contribution is 6.31. The fraction of sp³-hybridized carbons (Fsp3) is 0.0870. The van der Waals surface area contributed by atoms with E-state index < -0.39 is 12.0 Å². The van der Waals surface area contributed by atoms with Gasteiger partial charge in [-0.2, -0.15) is 0 Å². The highest BCUT2D eigenvalue weighted by atomic mass is 35.5. The number of urea groups is 1. The lowest BCUT2D eigenvalue weighted by Gasteiger charge is -2.10. The maximum atomic E-state index is 12.7. The summed E-state index contributed by atoms with van der Waals surface area (Å²) in [5.41, 5.74) is 4.01. The molecule has 0 aliphatic carbocycles. The third-order valence-electron chi connectivity index (χ3n) is 4.62. The van der Waals surface area contributed by atoms with E-state index in [0.29, 0.717) is 28.6 Å². The first-order valence-electron chi connectivity index (χ1n) is 9.62. The minimum Gasteiger partial charge on any atom is -0.462 e. The molecule has 7 nitrogen and oxygen atoms in total. The molecule has 0 aliphatic heterocycles. The third-order valence-corrected chi connectivity index (χ3v) is 4.86. The number of nitrogens with one attached hydrogen (secondary N) is 3. The normalized spacial score (nSPS) is 10.6. The summed E-state index contributed by atoms with van der Waals surface area (Å²) in [6.07, 6.45) is 3.37. The van der Waals surface area contributed by atoms with Crippen molar-refractivity contribution in [1.82, 2.24) is 9.97 Å². The predicted molar refractivity (Wildman–Crippen MR) is 122 cm³/mol. The molecule has 0 unspecified atom stereocenters. The zero-order valence-corrected chi connectivity index (χ0v) is 17.4. The number of halogens is 1. The van der Waals surface area contributed by atoms with Crippen LogP contribution in [0.3, 0.4) is 0 Å². The molecule has 0 saturated heterocycles. The van der Waals surface area contributed by atoms with Crippen molar-refractivity contribution in [2.45, 2.75) is 6.92 Å². The Morgan fingerprint density at radius 3 is 2.48 bits per heavy atom. The largest absolute Gasteiger partial charge is 0.462 e. The summed E-state index contributed by atoms with van der Waals surface area (Å²) in [7, 11) is 0. The Morgan fingerprint density at radius 1 is 1.03 bits per heavy atom. The topological polar surface area (TPSA) is 96.1 Å².